The number of ether oxygens (including phenoxy) is 5. The van der Waals surface area contributed by atoms with Gasteiger partial charge in [0, 0.05) is 39.3 Å². The number of esters is 1. The molecule has 0 N–H and O–H groups in total. The summed E-state index contributed by atoms with van der Waals surface area (Å²) in [6, 6.07) is 0. The van der Waals surface area contributed by atoms with Gasteiger partial charge in [-0.1, -0.05) is 64.7 Å². The Morgan fingerprint density at radius 3 is 1.56 bits per heavy atom. The predicted octanol–water partition coefficient (Wildman–Crippen LogP) is 4.15. The van der Waals surface area contributed by atoms with E-state index in [-0.39, 0.29) is 5.97 Å². The molecule has 0 aromatic heterocycles. The van der Waals surface area contributed by atoms with Gasteiger partial charge in [0.05, 0.1) is 52.7 Å². The van der Waals surface area contributed by atoms with Crippen LogP contribution in [0, 0.1) is 0 Å². The quantitative estimate of drug-likeness (QED) is 0.125. The summed E-state index contributed by atoms with van der Waals surface area (Å²) in [5.41, 5.74) is 0. The standard InChI is InChI=1S/C28H56N2O6/c1-3-4-5-6-7-8-9-10-11-12-19-32-20-21-33-22-23-34-24-25-35-26-27-36-28(31)13-14-30-17-15-29(2)16-18-30/h3-27H2,1-2H3. The monoisotopic (exact) mass is 516 g/mol. The van der Waals surface area contributed by atoms with Crippen LogP contribution in [0.3, 0.4) is 0 Å². The molecule has 1 fully saturated rings. The van der Waals surface area contributed by atoms with Crippen molar-refractivity contribution in [2.24, 2.45) is 0 Å². The normalized spacial score (nSPS) is 14.9. The third-order valence-corrected chi connectivity index (χ3v) is 6.48. The van der Waals surface area contributed by atoms with Crippen LogP contribution >= 0.6 is 0 Å². The van der Waals surface area contributed by atoms with E-state index < -0.39 is 0 Å². The minimum Gasteiger partial charge on any atom is -0.463 e. The summed E-state index contributed by atoms with van der Waals surface area (Å²) in [7, 11) is 2.13. The maximum atomic E-state index is 11.8. The number of carbonyl (C=O) groups is 1. The van der Waals surface area contributed by atoms with Crippen LogP contribution in [0.15, 0.2) is 0 Å². The minimum atomic E-state index is -0.154. The van der Waals surface area contributed by atoms with Gasteiger partial charge in [-0.05, 0) is 13.5 Å². The Balaban J connectivity index is 1.68. The van der Waals surface area contributed by atoms with Gasteiger partial charge in [-0.3, -0.25) is 4.79 Å². The van der Waals surface area contributed by atoms with E-state index in [0.29, 0.717) is 59.3 Å². The molecule has 0 unspecified atom stereocenters. The zero-order valence-corrected chi connectivity index (χ0v) is 23.5. The van der Waals surface area contributed by atoms with E-state index in [9.17, 15) is 4.79 Å². The molecule has 8 nitrogen and oxygen atoms in total. The van der Waals surface area contributed by atoms with Crippen LogP contribution in [0.4, 0.5) is 0 Å². The smallest absolute Gasteiger partial charge is 0.307 e. The Kier molecular flexibility index (Phi) is 23.9. The van der Waals surface area contributed by atoms with E-state index in [0.717, 1.165) is 45.8 Å². The van der Waals surface area contributed by atoms with E-state index in [1.54, 1.807) is 0 Å². The van der Waals surface area contributed by atoms with Gasteiger partial charge in [-0.2, -0.15) is 0 Å². The fourth-order valence-electron chi connectivity index (χ4n) is 4.06. The molecule has 1 aliphatic heterocycles. The molecule has 0 atom stereocenters. The second-order valence-corrected chi connectivity index (χ2v) is 9.75. The molecule has 1 heterocycles. The molecule has 0 aliphatic carbocycles. The first-order valence-electron chi connectivity index (χ1n) is 14.6. The highest BCUT2D eigenvalue weighted by Crippen LogP contribution is 2.10. The summed E-state index contributed by atoms with van der Waals surface area (Å²) in [6.45, 7) is 12.1. The van der Waals surface area contributed by atoms with Crippen LogP contribution in [0.25, 0.3) is 0 Å². The maximum Gasteiger partial charge on any atom is 0.307 e. The molecule has 0 amide bonds. The molecule has 1 aliphatic rings. The topological polar surface area (TPSA) is 69.7 Å². The third kappa shape index (κ3) is 22.4. The van der Waals surface area contributed by atoms with E-state index in [1.807, 2.05) is 0 Å². The van der Waals surface area contributed by atoms with Gasteiger partial charge in [-0.25, -0.2) is 0 Å². The number of carbonyl (C=O) groups excluding carboxylic acids is 1. The molecule has 1 rings (SSSR count). The predicted molar refractivity (Wildman–Crippen MR) is 145 cm³/mol. The van der Waals surface area contributed by atoms with Crippen molar-refractivity contribution in [3.8, 4) is 0 Å². The van der Waals surface area contributed by atoms with Gasteiger partial charge >= 0.3 is 5.97 Å². The molecule has 0 aromatic carbocycles. The van der Waals surface area contributed by atoms with E-state index in [1.165, 1.54) is 57.8 Å². The van der Waals surface area contributed by atoms with Crippen LogP contribution in [0.2, 0.25) is 0 Å². The Morgan fingerprint density at radius 1 is 0.583 bits per heavy atom. The maximum absolute atomic E-state index is 11.8. The average molecular weight is 517 g/mol. The SMILES string of the molecule is CCCCCCCCCCCCOCCOCCOCCOCCOC(=O)CCN1CCN(C)CC1. The molecule has 0 radical (unpaired) electrons. The van der Waals surface area contributed by atoms with Crippen LogP contribution in [0.1, 0.15) is 77.6 Å². The van der Waals surface area contributed by atoms with Crippen molar-refractivity contribution in [2.75, 3.05) is 99.2 Å². The lowest BCUT2D eigenvalue weighted by Crippen LogP contribution is -2.45. The Hall–Kier alpha value is -0.770. The van der Waals surface area contributed by atoms with Gasteiger partial charge in [-0.15, -0.1) is 0 Å². The van der Waals surface area contributed by atoms with E-state index >= 15 is 0 Å². The van der Waals surface area contributed by atoms with Gasteiger partial charge in [0.15, 0.2) is 0 Å². The van der Waals surface area contributed by atoms with Crippen molar-refractivity contribution >= 4 is 5.97 Å². The molecule has 0 saturated carbocycles. The van der Waals surface area contributed by atoms with Crippen molar-refractivity contribution in [3.05, 3.63) is 0 Å². The lowest BCUT2D eigenvalue weighted by atomic mass is 10.1. The first kappa shape index (κ1) is 33.3. The second-order valence-electron chi connectivity index (χ2n) is 9.75. The number of rotatable bonds is 26. The van der Waals surface area contributed by atoms with Crippen molar-refractivity contribution in [1.29, 1.82) is 0 Å². The molecule has 0 bridgehead atoms. The van der Waals surface area contributed by atoms with Gasteiger partial charge in [0.1, 0.15) is 6.61 Å². The van der Waals surface area contributed by atoms with Crippen molar-refractivity contribution in [3.63, 3.8) is 0 Å². The number of hydrogen-bond acceptors (Lipinski definition) is 8. The van der Waals surface area contributed by atoms with Gasteiger partial charge < -0.3 is 33.5 Å². The summed E-state index contributed by atoms with van der Waals surface area (Å²) >= 11 is 0. The Labute approximate surface area is 221 Å². The molecule has 36 heavy (non-hydrogen) atoms. The van der Waals surface area contributed by atoms with Crippen LogP contribution in [-0.2, 0) is 28.5 Å². The average Bonchev–Trinajstić information content (AvgIpc) is 2.88. The largest absolute Gasteiger partial charge is 0.463 e. The molecular formula is C28H56N2O6. The van der Waals surface area contributed by atoms with E-state index in [2.05, 4.69) is 23.8 Å². The number of hydrogen-bond donors (Lipinski definition) is 0. The highest BCUT2D eigenvalue weighted by Gasteiger charge is 2.14. The third-order valence-electron chi connectivity index (χ3n) is 6.48. The summed E-state index contributed by atoms with van der Waals surface area (Å²) in [5, 5.41) is 0. The van der Waals surface area contributed by atoms with Crippen LogP contribution in [0.5, 0.6) is 0 Å². The summed E-state index contributed by atoms with van der Waals surface area (Å²) < 4.78 is 27.3. The number of unbranched alkanes of at least 4 members (excludes halogenated alkanes) is 9. The zero-order valence-electron chi connectivity index (χ0n) is 23.5. The van der Waals surface area contributed by atoms with Gasteiger partial charge in [0.2, 0.25) is 0 Å². The molecule has 0 aromatic rings. The summed E-state index contributed by atoms with van der Waals surface area (Å²) in [6.07, 6.45) is 13.9. The lowest BCUT2D eigenvalue weighted by Gasteiger charge is -2.31. The second kappa shape index (κ2) is 25.9. The molecule has 8 heteroatoms. The summed E-state index contributed by atoms with van der Waals surface area (Å²) in [4.78, 5) is 16.4. The molecule has 1 saturated heterocycles. The minimum absolute atomic E-state index is 0.154. The number of piperazine rings is 1. The van der Waals surface area contributed by atoms with E-state index in [4.69, 9.17) is 23.7 Å². The number of nitrogens with zero attached hydrogens (tertiary/aromatic N) is 2. The fourth-order valence-corrected chi connectivity index (χ4v) is 4.06. The molecule has 0 spiro atoms. The van der Waals surface area contributed by atoms with Crippen LogP contribution in [-0.4, -0.2) is 115 Å². The number of likely N-dealkylation sites (N-methyl/N-ethyl adjacent to an activating group) is 1. The van der Waals surface area contributed by atoms with Crippen molar-refractivity contribution in [2.45, 2.75) is 77.6 Å². The molecular weight excluding hydrogens is 460 g/mol. The van der Waals surface area contributed by atoms with Gasteiger partial charge in [0.25, 0.3) is 0 Å². The van der Waals surface area contributed by atoms with Crippen molar-refractivity contribution in [1.82, 2.24) is 9.80 Å². The lowest BCUT2D eigenvalue weighted by molar-refractivity contribution is -0.145. The Bertz CT molecular complexity index is 475. The van der Waals surface area contributed by atoms with Crippen molar-refractivity contribution < 1.29 is 28.5 Å². The fraction of sp³-hybridized carbons (Fsp3) is 0.964. The first-order valence-corrected chi connectivity index (χ1v) is 14.6. The zero-order chi connectivity index (χ0) is 25.9. The summed E-state index contributed by atoms with van der Waals surface area (Å²) in [5.74, 6) is -0.154. The Morgan fingerprint density at radius 2 is 1.03 bits per heavy atom. The molecule has 214 valence electrons. The highest BCUT2D eigenvalue weighted by molar-refractivity contribution is 5.69. The first-order chi connectivity index (χ1) is 17.7. The highest BCUT2D eigenvalue weighted by atomic mass is 16.6. The van der Waals surface area contributed by atoms with Crippen LogP contribution < -0.4 is 0 Å².